The molecule has 0 amide bonds. The van der Waals surface area contributed by atoms with Crippen LogP contribution in [0.5, 0.6) is 0 Å². The summed E-state index contributed by atoms with van der Waals surface area (Å²) in [5.74, 6) is -2.58. The Morgan fingerprint density at radius 2 is 2.06 bits per heavy atom. The first-order valence-corrected chi connectivity index (χ1v) is 5.16. The van der Waals surface area contributed by atoms with Gasteiger partial charge >= 0.3 is 5.97 Å². The molecule has 0 radical (unpaired) electrons. The highest BCUT2D eigenvalue weighted by molar-refractivity contribution is 6.18. The molecule has 0 saturated carbocycles. The molecular formula is C10H11ClFNO4. The highest BCUT2D eigenvalue weighted by Crippen LogP contribution is 2.28. The molecule has 5 nitrogen and oxygen atoms in total. The SMILES string of the molecule is Nc1c(C(=O)O)cc(F)cc1C(O)C(O)CCl. The third kappa shape index (κ3) is 2.85. The molecule has 0 aliphatic rings. The molecule has 0 heterocycles. The summed E-state index contributed by atoms with van der Waals surface area (Å²) in [5, 5.41) is 27.7. The highest BCUT2D eigenvalue weighted by Gasteiger charge is 2.23. The Hall–Kier alpha value is -1.37. The summed E-state index contributed by atoms with van der Waals surface area (Å²) in [6.07, 6.45) is -2.90. The molecule has 0 fully saturated rings. The lowest BCUT2D eigenvalue weighted by molar-refractivity contribution is 0.0329. The number of nitrogen functional groups attached to an aromatic ring is 1. The van der Waals surface area contributed by atoms with Crippen LogP contribution in [0.1, 0.15) is 22.0 Å². The van der Waals surface area contributed by atoms with Gasteiger partial charge in [0, 0.05) is 5.56 Å². The molecule has 0 aliphatic heterocycles. The number of carboxylic acids is 1. The molecule has 1 aromatic carbocycles. The number of benzene rings is 1. The summed E-state index contributed by atoms with van der Waals surface area (Å²) in [6, 6.07) is 1.60. The van der Waals surface area contributed by atoms with Gasteiger partial charge in [-0.2, -0.15) is 0 Å². The summed E-state index contributed by atoms with van der Waals surface area (Å²) in [6.45, 7) is 0. The Kier molecular flexibility index (Phi) is 4.28. The van der Waals surface area contributed by atoms with Crippen LogP contribution in [0.3, 0.4) is 0 Å². The Morgan fingerprint density at radius 1 is 1.47 bits per heavy atom. The third-order valence-electron chi connectivity index (χ3n) is 2.25. The molecule has 7 heteroatoms. The van der Waals surface area contributed by atoms with E-state index in [2.05, 4.69) is 0 Å². The second kappa shape index (κ2) is 5.31. The maximum Gasteiger partial charge on any atom is 0.337 e. The van der Waals surface area contributed by atoms with Gasteiger partial charge in [0.05, 0.1) is 23.2 Å². The molecule has 2 unspecified atom stereocenters. The van der Waals surface area contributed by atoms with Crippen LogP contribution in [0.2, 0.25) is 0 Å². The van der Waals surface area contributed by atoms with Crippen LogP contribution in [0.4, 0.5) is 10.1 Å². The minimum atomic E-state index is -1.54. The summed E-state index contributed by atoms with van der Waals surface area (Å²) >= 11 is 5.33. The van der Waals surface area contributed by atoms with Gasteiger partial charge in [-0.25, -0.2) is 9.18 Å². The lowest BCUT2D eigenvalue weighted by atomic mass is 9.99. The molecule has 17 heavy (non-hydrogen) atoms. The Morgan fingerprint density at radius 3 is 2.53 bits per heavy atom. The number of hydrogen-bond acceptors (Lipinski definition) is 4. The van der Waals surface area contributed by atoms with Gasteiger partial charge < -0.3 is 21.1 Å². The molecule has 0 saturated heterocycles. The molecule has 0 spiro atoms. The quantitative estimate of drug-likeness (QED) is 0.474. The van der Waals surface area contributed by atoms with Gasteiger partial charge in [0.2, 0.25) is 0 Å². The van der Waals surface area contributed by atoms with Crippen LogP contribution in [-0.2, 0) is 0 Å². The number of aromatic carboxylic acids is 1. The molecule has 0 aliphatic carbocycles. The maximum absolute atomic E-state index is 13.2. The van der Waals surface area contributed by atoms with E-state index in [9.17, 15) is 19.4 Å². The van der Waals surface area contributed by atoms with Crippen molar-refractivity contribution >= 4 is 23.3 Å². The average Bonchev–Trinajstić information content (AvgIpc) is 2.29. The van der Waals surface area contributed by atoms with Gasteiger partial charge in [0.1, 0.15) is 11.9 Å². The van der Waals surface area contributed by atoms with Crippen molar-refractivity contribution in [2.24, 2.45) is 0 Å². The number of carboxylic acid groups (broad SMARTS) is 1. The summed E-state index contributed by atoms with van der Waals surface area (Å²) in [7, 11) is 0. The molecule has 1 aromatic rings. The lowest BCUT2D eigenvalue weighted by Gasteiger charge is -2.18. The van der Waals surface area contributed by atoms with Gasteiger partial charge in [-0.15, -0.1) is 11.6 Å². The van der Waals surface area contributed by atoms with Crippen molar-refractivity contribution < 1.29 is 24.5 Å². The topological polar surface area (TPSA) is 104 Å². The van der Waals surface area contributed by atoms with Gasteiger partial charge in [0.15, 0.2) is 0 Å². The monoisotopic (exact) mass is 263 g/mol. The fraction of sp³-hybridized carbons (Fsp3) is 0.300. The zero-order valence-corrected chi connectivity index (χ0v) is 9.36. The minimum absolute atomic E-state index is 0.199. The third-order valence-corrected chi connectivity index (χ3v) is 2.56. The number of alkyl halides is 1. The molecule has 1 rings (SSSR count). The number of hydrogen-bond donors (Lipinski definition) is 4. The maximum atomic E-state index is 13.2. The van der Waals surface area contributed by atoms with Crippen LogP contribution in [0, 0.1) is 5.82 Å². The fourth-order valence-electron chi connectivity index (χ4n) is 1.35. The normalized spacial score (nSPS) is 14.4. The number of halogens is 2. The summed E-state index contributed by atoms with van der Waals surface area (Å²) in [5.41, 5.74) is 4.52. The van der Waals surface area contributed by atoms with Crippen molar-refractivity contribution in [2.75, 3.05) is 11.6 Å². The Labute approximate surface area is 101 Å². The average molecular weight is 264 g/mol. The van der Waals surface area contributed by atoms with E-state index >= 15 is 0 Å². The van der Waals surface area contributed by atoms with Crippen molar-refractivity contribution in [3.05, 3.63) is 29.1 Å². The molecule has 94 valence electrons. The first-order chi connectivity index (χ1) is 7.88. The number of anilines is 1. The minimum Gasteiger partial charge on any atom is -0.478 e. The number of aliphatic hydroxyl groups is 2. The summed E-state index contributed by atoms with van der Waals surface area (Å²) < 4.78 is 13.2. The van der Waals surface area contributed by atoms with Gasteiger partial charge in [-0.3, -0.25) is 0 Å². The van der Waals surface area contributed by atoms with Crippen molar-refractivity contribution in [2.45, 2.75) is 12.2 Å². The van der Waals surface area contributed by atoms with Gasteiger partial charge in [-0.1, -0.05) is 0 Å². The van der Waals surface area contributed by atoms with Crippen molar-refractivity contribution in [1.29, 1.82) is 0 Å². The number of carbonyl (C=O) groups is 1. The Balaban J connectivity index is 3.29. The van der Waals surface area contributed by atoms with Crippen molar-refractivity contribution in [1.82, 2.24) is 0 Å². The lowest BCUT2D eigenvalue weighted by Crippen LogP contribution is -2.22. The number of nitrogens with two attached hydrogens (primary N) is 1. The van der Waals surface area contributed by atoms with E-state index in [0.29, 0.717) is 0 Å². The molecule has 0 bridgehead atoms. The standard InChI is InChI=1S/C10H11ClFNO4/c11-3-7(14)9(15)5-1-4(12)2-6(8(5)13)10(16)17/h1-2,7,9,14-15H,3,13H2,(H,16,17). The molecule has 0 aromatic heterocycles. The number of rotatable bonds is 4. The predicted molar refractivity (Wildman–Crippen MR) is 59.5 cm³/mol. The van der Waals surface area contributed by atoms with Crippen LogP contribution >= 0.6 is 11.6 Å². The van der Waals surface area contributed by atoms with Gasteiger partial charge in [-0.05, 0) is 12.1 Å². The highest BCUT2D eigenvalue weighted by atomic mass is 35.5. The van der Waals surface area contributed by atoms with E-state index in [-0.39, 0.29) is 17.1 Å². The second-order valence-corrected chi connectivity index (χ2v) is 3.74. The van der Waals surface area contributed by atoms with Crippen LogP contribution in [0.15, 0.2) is 12.1 Å². The smallest absolute Gasteiger partial charge is 0.337 e. The molecule has 5 N–H and O–H groups in total. The van der Waals surface area contributed by atoms with Crippen LogP contribution in [0.25, 0.3) is 0 Å². The van der Waals surface area contributed by atoms with Crippen LogP contribution < -0.4 is 5.73 Å². The number of aliphatic hydroxyl groups excluding tert-OH is 2. The largest absolute Gasteiger partial charge is 0.478 e. The Bertz CT molecular complexity index is 441. The van der Waals surface area contributed by atoms with E-state index in [1.54, 1.807) is 0 Å². The van der Waals surface area contributed by atoms with E-state index in [4.69, 9.17) is 22.4 Å². The van der Waals surface area contributed by atoms with Crippen molar-refractivity contribution in [3.63, 3.8) is 0 Å². The van der Waals surface area contributed by atoms with E-state index in [1.807, 2.05) is 0 Å². The molecular weight excluding hydrogens is 253 g/mol. The zero-order chi connectivity index (χ0) is 13.2. The van der Waals surface area contributed by atoms with E-state index in [0.717, 1.165) is 12.1 Å². The van der Waals surface area contributed by atoms with E-state index in [1.165, 1.54) is 0 Å². The first kappa shape index (κ1) is 13.7. The van der Waals surface area contributed by atoms with E-state index < -0.39 is 29.6 Å². The fourth-order valence-corrected chi connectivity index (χ4v) is 1.52. The first-order valence-electron chi connectivity index (χ1n) is 4.62. The predicted octanol–water partition coefficient (Wildman–Crippen LogP) is 0.739. The van der Waals surface area contributed by atoms with Crippen molar-refractivity contribution in [3.8, 4) is 0 Å². The van der Waals surface area contributed by atoms with Gasteiger partial charge in [0.25, 0.3) is 0 Å². The van der Waals surface area contributed by atoms with Crippen LogP contribution in [-0.4, -0.2) is 33.3 Å². The zero-order valence-electron chi connectivity index (χ0n) is 8.60. The second-order valence-electron chi connectivity index (χ2n) is 3.43. The molecule has 2 atom stereocenters. The summed E-state index contributed by atoms with van der Waals surface area (Å²) in [4.78, 5) is 10.8.